The molecule has 0 radical (unpaired) electrons. The number of nitrogens with one attached hydrogen (secondary N) is 1. The predicted octanol–water partition coefficient (Wildman–Crippen LogP) is -3.73. The Hall–Kier alpha value is -1.48. The summed E-state index contributed by atoms with van der Waals surface area (Å²) < 4.78 is 44.4. The lowest BCUT2D eigenvalue weighted by Crippen LogP contribution is -2.22. The summed E-state index contributed by atoms with van der Waals surface area (Å²) in [5.74, 6) is -0.178. The van der Waals surface area contributed by atoms with Crippen molar-refractivity contribution in [3.8, 4) is 0 Å². The molecule has 0 fully saturated rings. The van der Waals surface area contributed by atoms with Crippen molar-refractivity contribution in [3.05, 3.63) is 16.7 Å². The van der Waals surface area contributed by atoms with Gasteiger partial charge in [-0.2, -0.15) is 4.98 Å². The quantitative estimate of drug-likeness (QED) is 0.278. The third-order valence-corrected chi connectivity index (χ3v) is 6.69. The molecule has 2 unspecified atom stereocenters. The number of rotatable bonds is 10. The van der Waals surface area contributed by atoms with E-state index >= 15 is 0 Å². The molecule has 0 spiro atoms. The van der Waals surface area contributed by atoms with Crippen LogP contribution in [0.1, 0.15) is 6.42 Å². The summed E-state index contributed by atoms with van der Waals surface area (Å²) in [6.07, 6.45) is -0.451. The Labute approximate surface area is 160 Å². The number of H-pyrrole nitrogens is 1. The summed E-state index contributed by atoms with van der Waals surface area (Å²) in [7, 11) is -17.9. The van der Waals surface area contributed by atoms with Crippen LogP contribution in [0.3, 0.4) is 0 Å². The normalized spacial score (nSPS) is 17.7. The van der Waals surface area contributed by atoms with Crippen LogP contribution in [0.4, 0.5) is 5.95 Å². The summed E-state index contributed by atoms with van der Waals surface area (Å²) in [5.41, 5.74) is 4.90. The number of nitrogens with two attached hydrogens (primary N) is 1. The van der Waals surface area contributed by atoms with Gasteiger partial charge in [0, 0.05) is 6.54 Å². The lowest BCUT2D eigenvalue weighted by molar-refractivity contribution is -0.339. The van der Waals surface area contributed by atoms with E-state index in [1.165, 1.54) is 10.9 Å². The Bertz CT molecular complexity index is 1080. The van der Waals surface area contributed by atoms with Crippen LogP contribution in [0.2, 0.25) is 0 Å². The second-order valence-corrected chi connectivity index (χ2v) is 9.55. The Morgan fingerprint density at radius 2 is 1.86 bits per heavy atom. The molecular formula is C9H12N5O12P3-4. The maximum absolute atomic E-state index is 11.6. The molecule has 3 atom stereocenters. The number of hydrogen-bond acceptors (Lipinski definition) is 15. The number of hydrogen-bond donors (Lipinski definition) is 3. The molecule has 0 aromatic carbocycles. The minimum absolute atomic E-state index is 0.0253. The zero-order valence-electron chi connectivity index (χ0n) is 14.0. The number of fused-ring (bicyclic) bond motifs is 1. The molecule has 0 amide bonds. The minimum Gasteiger partial charge on any atom is -0.790 e. The monoisotopic (exact) mass is 475 g/mol. The van der Waals surface area contributed by atoms with E-state index in [2.05, 4.69) is 28.1 Å². The standard InChI is InChI=1S/C9H16N5O12P3/c10-9-12-7-6(8(16)13-9)11-4-14(7)2-1-5(15)3-24-28(20,21)26-29(22,23)25-27(17,18)19/h4-5,15H,1-3H2,(H,20,21)(H,22,23)(H2,17,18,19)(H3,10,12,13,16)/p-4/t5-/m0/s1. The fraction of sp³-hybridized carbons (Fsp3) is 0.444. The first-order valence-corrected chi connectivity index (χ1v) is 11.7. The molecule has 29 heavy (non-hydrogen) atoms. The number of aromatic amines is 1. The number of phosphoric ester groups is 1. The maximum atomic E-state index is 11.6. The van der Waals surface area contributed by atoms with Crippen molar-refractivity contribution >= 4 is 40.6 Å². The Morgan fingerprint density at radius 1 is 1.21 bits per heavy atom. The molecule has 0 saturated carbocycles. The van der Waals surface area contributed by atoms with Crippen molar-refractivity contribution in [2.75, 3.05) is 12.3 Å². The number of aliphatic hydroxyl groups is 1. The highest BCUT2D eigenvalue weighted by atomic mass is 31.3. The fourth-order valence-corrected chi connectivity index (χ4v) is 4.86. The maximum Gasteiger partial charge on any atom is 0.280 e. The highest BCUT2D eigenvalue weighted by Crippen LogP contribution is 2.60. The lowest BCUT2D eigenvalue weighted by atomic mass is 10.3. The van der Waals surface area contributed by atoms with Gasteiger partial charge in [0.15, 0.2) is 11.2 Å². The number of imidazole rings is 1. The number of phosphoric acid groups is 3. The average molecular weight is 475 g/mol. The summed E-state index contributed by atoms with van der Waals surface area (Å²) in [6.45, 7) is -1.02. The van der Waals surface area contributed by atoms with Crippen molar-refractivity contribution in [3.63, 3.8) is 0 Å². The van der Waals surface area contributed by atoms with Crippen molar-refractivity contribution in [1.82, 2.24) is 19.5 Å². The summed E-state index contributed by atoms with van der Waals surface area (Å²) >= 11 is 0. The molecule has 4 N–H and O–H groups in total. The molecule has 164 valence electrons. The smallest absolute Gasteiger partial charge is 0.280 e. The molecule has 0 aliphatic rings. The SMILES string of the molecule is Nc1nc2c(ncn2CC[C@H](O)COP(=O)([O-])OP(=O)([O-])OP(=O)([O-])[O-])c(=O)[nH]1. The number of anilines is 1. The molecular weight excluding hydrogens is 463 g/mol. The van der Waals surface area contributed by atoms with E-state index in [0.717, 1.165) is 0 Å². The van der Waals surface area contributed by atoms with Crippen LogP contribution in [0, 0.1) is 0 Å². The Morgan fingerprint density at radius 3 is 2.48 bits per heavy atom. The van der Waals surface area contributed by atoms with Crippen LogP contribution in [-0.2, 0) is 33.4 Å². The summed E-state index contributed by atoms with van der Waals surface area (Å²) in [5, 5.41) is 9.77. The van der Waals surface area contributed by atoms with Gasteiger partial charge in [-0.25, -0.2) is 9.29 Å². The third-order valence-electron chi connectivity index (χ3n) is 3.02. The number of aryl methyl sites for hydroxylation is 1. The summed E-state index contributed by atoms with van der Waals surface area (Å²) in [4.78, 5) is 64.4. The van der Waals surface area contributed by atoms with Gasteiger partial charge in [0.25, 0.3) is 21.2 Å². The van der Waals surface area contributed by atoms with Gasteiger partial charge in [0.1, 0.15) is 0 Å². The Balaban J connectivity index is 1.92. The van der Waals surface area contributed by atoms with Crippen molar-refractivity contribution in [1.29, 1.82) is 0 Å². The molecule has 0 aliphatic heterocycles. The molecule has 0 aliphatic carbocycles. The molecule has 2 rings (SSSR count). The van der Waals surface area contributed by atoms with Gasteiger partial charge in [-0.05, 0) is 6.42 Å². The largest absolute Gasteiger partial charge is 0.790 e. The second kappa shape index (κ2) is 8.71. The van der Waals surface area contributed by atoms with Crippen LogP contribution in [0.5, 0.6) is 0 Å². The number of nitrogen functional groups attached to an aromatic ring is 1. The van der Waals surface area contributed by atoms with Crippen molar-refractivity contribution < 1.29 is 51.5 Å². The summed E-state index contributed by atoms with van der Waals surface area (Å²) in [6, 6.07) is 0. The first-order chi connectivity index (χ1) is 13.2. The number of aliphatic hydroxyl groups excluding tert-OH is 1. The molecule has 0 bridgehead atoms. The first-order valence-electron chi connectivity index (χ1n) is 7.27. The third kappa shape index (κ3) is 7.37. The van der Waals surface area contributed by atoms with Crippen LogP contribution in [0.25, 0.3) is 11.2 Å². The first kappa shape index (κ1) is 23.8. The molecule has 2 aromatic heterocycles. The van der Waals surface area contributed by atoms with Gasteiger partial charge in [0.05, 0.1) is 26.9 Å². The van der Waals surface area contributed by atoms with Crippen LogP contribution in [-0.4, -0.2) is 37.3 Å². The molecule has 17 nitrogen and oxygen atoms in total. The lowest BCUT2D eigenvalue weighted by Gasteiger charge is -2.37. The molecule has 2 heterocycles. The zero-order chi connectivity index (χ0) is 22.0. The predicted molar refractivity (Wildman–Crippen MR) is 84.1 cm³/mol. The highest BCUT2D eigenvalue weighted by molar-refractivity contribution is 7.64. The van der Waals surface area contributed by atoms with E-state index in [1.807, 2.05) is 0 Å². The van der Waals surface area contributed by atoms with Gasteiger partial charge in [-0.1, -0.05) is 0 Å². The number of nitrogens with zero attached hydrogens (tertiary/aromatic N) is 3. The Kier molecular flexibility index (Phi) is 7.15. The van der Waals surface area contributed by atoms with E-state index in [1.54, 1.807) is 0 Å². The van der Waals surface area contributed by atoms with E-state index in [0.29, 0.717) is 0 Å². The van der Waals surface area contributed by atoms with E-state index < -0.39 is 41.7 Å². The van der Waals surface area contributed by atoms with Crippen LogP contribution in [0.15, 0.2) is 11.1 Å². The topological polar surface area (TPSA) is 281 Å². The fourth-order valence-electron chi connectivity index (χ4n) is 1.97. The molecule has 20 heteroatoms. The minimum atomic E-state index is -6.09. The van der Waals surface area contributed by atoms with Crippen molar-refractivity contribution in [2.45, 2.75) is 19.1 Å². The van der Waals surface area contributed by atoms with Gasteiger partial charge in [-0.3, -0.25) is 23.2 Å². The van der Waals surface area contributed by atoms with E-state index in [9.17, 15) is 43.2 Å². The van der Waals surface area contributed by atoms with Crippen molar-refractivity contribution in [2.24, 2.45) is 0 Å². The van der Waals surface area contributed by atoms with Gasteiger partial charge in [-0.15, -0.1) is 0 Å². The average Bonchev–Trinajstić information content (AvgIpc) is 2.90. The van der Waals surface area contributed by atoms with Gasteiger partial charge in [0.2, 0.25) is 5.95 Å². The van der Waals surface area contributed by atoms with Crippen LogP contribution >= 0.6 is 23.5 Å². The van der Waals surface area contributed by atoms with E-state index in [4.69, 9.17) is 5.73 Å². The second-order valence-electron chi connectivity index (χ2n) is 5.30. The molecule has 0 saturated heterocycles. The van der Waals surface area contributed by atoms with Gasteiger partial charge >= 0.3 is 0 Å². The highest BCUT2D eigenvalue weighted by Gasteiger charge is 2.22. The number of aromatic nitrogens is 4. The van der Waals surface area contributed by atoms with Crippen LogP contribution < -0.4 is 30.9 Å². The zero-order valence-corrected chi connectivity index (χ0v) is 16.7. The van der Waals surface area contributed by atoms with E-state index in [-0.39, 0.29) is 30.1 Å². The van der Waals surface area contributed by atoms with Gasteiger partial charge < -0.3 is 44.1 Å². The molecule has 2 aromatic rings.